The fraction of sp³-hybridized carbons (Fsp3) is 0.603. The Kier molecular flexibility index (Phi) is 44.2. The highest BCUT2D eigenvalue weighted by Gasteiger charge is 2.25. The van der Waals surface area contributed by atoms with Gasteiger partial charge in [0.05, 0.1) is 40.3 Å². The second-order valence-corrected chi connectivity index (χ2v) is 17.6. The van der Waals surface area contributed by atoms with Crippen LogP contribution in [0.5, 0.6) is 0 Å². The van der Waals surface area contributed by atoms with Crippen LogP contribution in [-0.4, -0.2) is 75.5 Å². The fourth-order valence-electron chi connectivity index (χ4n) is 6.71. The Morgan fingerprint density at radius 2 is 0.803 bits per heavy atom. The van der Waals surface area contributed by atoms with Crippen LogP contribution in [0.3, 0.4) is 0 Å². The largest absolute Gasteiger partial charge is 0.544 e. The number of unbranched alkanes of at least 4 members (excludes halogenated alkanes) is 10. The first kappa shape index (κ1) is 61.7. The zero-order valence-electron chi connectivity index (χ0n) is 42.3. The lowest BCUT2D eigenvalue weighted by atomic mass is 10.1. The lowest BCUT2D eigenvalue weighted by Gasteiger charge is -2.34. The Morgan fingerprint density at radius 1 is 0.455 bits per heavy atom. The van der Waals surface area contributed by atoms with E-state index in [1.54, 1.807) is 21.1 Å². The summed E-state index contributed by atoms with van der Waals surface area (Å²) in [6.07, 6.45) is 66.5. The van der Waals surface area contributed by atoms with E-state index in [1.807, 2.05) is 0 Å². The van der Waals surface area contributed by atoms with Gasteiger partial charge in [-0.3, -0.25) is 9.59 Å². The van der Waals surface area contributed by atoms with Crippen LogP contribution in [0, 0.1) is 0 Å². The third kappa shape index (κ3) is 44.9. The number of carbonyl (C=O) groups is 3. The molecule has 0 saturated carbocycles. The Hall–Kier alpha value is -4.27. The predicted octanol–water partition coefficient (Wildman–Crippen LogP) is 13.6. The Labute approximate surface area is 403 Å². The van der Waals surface area contributed by atoms with E-state index in [-0.39, 0.29) is 49.1 Å². The number of carboxylic acid groups (broad SMARTS) is 1. The SMILES string of the molecule is CC/C=C/C/C=C/C/C=C/C/C=C/C/C=C/CCCCCCCCCC(=O)OCC(COCCC(C(=O)[O-])[N+](C)(C)C)OC(=O)CCCCC/C=C/C/C=C/C/C=C/C/C=C/C/C=C/CC. The van der Waals surface area contributed by atoms with Crippen LogP contribution in [0.1, 0.15) is 174 Å². The molecule has 8 nitrogen and oxygen atoms in total. The van der Waals surface area contributed by atoms with Crippen molar-refractivity contribution in [2.75, 3.05) is 41.0 Å². The number of esters is 2. The molecule has 0 heterocycles. The van der Waals surface area contributed by atoms with Gasteiger partial charge in [-0.05, 0) is 103 Å². The van der Waals surface area contributed by atoms with Crippen molar-refractivity contribution in [1.29, 1.82) is 0 Å². The van der Waals surface area contributed by atoms with Gasteiger partial charge in [0.25, 0.3) is 0 Å². The highest BCUT2D eigenvalue weighted by atomic mass is 16.6. The van der Waals surface area contributed by atoms with Crippen molar-refractivity contribution < 1.29 is 38.2 Å². The molecule has 0 rings (SSSR count). The average molecular weight is 916 g/mol. The number of aliphatic carboxylic acids is 1. The van der Waals surface area contributed by atoms with E-state index in [0.717, 1.165) is 116 Å². The molecule has 0 N–H and O–H groups in total. The summed E-state index contributed by atoms with van der Waals surface area (Å²) in [6, 6.07) is -0.743. The van der Waals surface area contributed by atoms with Crippen LogP contribution in [0.25, 0.3) is 0 Å². The van der Waals surface area contributed by atoms with E-state index in [9.17, 15) is 19.5 Å². The number of nitrogens with zero attached hydrogens (tertiary/aromatic N) is 1. The normalized spacial score (nSPS) is 13.9. The molecule has 0 bridgehead atoms. The van der Waals surface area contributed by atoms with Crippen molar-refractivity contribution in [2.45, 2.75) is 187 Å². The molecule has 0 aromatic carbocycles. The van der Waals surface area contributed by atoms with Gasteiger partial charge >= 0.3 is 11.9 Å². The molecule has 372 valence electrons. The van der Waals surface area contributed by atoms with Crippen LogP contribution in [0.4, 0.5) is 0 Å². The molecule has 0 fully saturated rings. The van der Waals surface area contributed by atoms with E-state index in [0.29, 0.717) is 12.8 Å². The minimum absolute atomic E-state index is 0.0150. The predicted molar refractivity (Wildman–Crippen MR) is 277 cm³/mol. The first-order valence-electron chi connectivity index (χ1n) is 25.6. The number of hydrogen-bond donors (Lipinski definition) is 0. The standard InChI is InChI=1S/C58H93NO7/c1-6-8-10-12-14-16-18-20-22-24-26-27-28-29-31-32-34-36-38-40-42-44-46-48-56(60)65-53-54(52-64-51-50-55(58(62)63)59(3,4)5)66-57(61)49-47-45-43-41-39-37-35-33-30-25-23-21-19-17-15-13-11-9-7-2/h8-11,14-17,20-23,26-27,29-31,33,37,39,54-55H,6-7,12-13,18-19,24-25,28,32,34-36,38,40-53H2,1-5H3/b10-8+,11-9+,16-14+,17-15+,22-20+,23-21+,27-26+,31-29+,33-30+,39-37+. The lowest BCUT2D eigenvalue weighted by Crippen LogP contribution is -2.55. The van der Waals surface area contributed by atoms with E-state index >= 15 is 0 Å². The summed E-state index contributed by atoms with van der Waals surface area (Å²) in [5.41, 5.74) is 0. The van der Waals surface area contributed by atoms with Crippen LogP contribution >= 0.6 is 0 Å². The molecule has 0 saturated heterocycles. The zero-order chi connectivity index (χ0) is 48.4. The van der Waals surface area contributed by atoms with Gasteiger partial charge in [0.2, 0.25) is 0 Å². The van der Waals surface area contributed by atoms with Crippen LogP contribution in [-0.2, 0) is 28.6 Å². The number of rotatable bonds is 44. The van der Waals surface area contributed by atoms with Crippen molar-refractivity contribution in [3.05, 3.63) is 122 Å². The molecule has 0 aromatic rings. The van der Waals surface area contributed by atoms with Crippen molar-refractivity contribution in [3.8, 4) is 0 Å². The monoisotopic (exact) mass is 916 g/mol. The topological polar surface area (TPSA) is 102 Å². The molecule has 0 aliphatic rings. The maximum atomic E-state index is 12.8. The van der Waals surface area contributed by atoms with Gasteiger partial charge in [0.15, 0.2) is 6.10 Å². The number of allylic oxidation sites excluding steroid dienone is 20. The Morgan fingerprint density at radius 3 is 1.20 bits per heavy atom. The molecule has 0 aliphatic carbocycles. The highest BCUT2D eigenvalue weighted by Crippen LogP contribution is 2.13. The molecule has 0 spiro atoms. The molecule has 0 aromatic heterocycles. The summed E-state index contributed by atoms with van der Waals surface area (Å²) in [5.74, 6) is -1.81. The van der Waals surface area contributed by atoms with Crippen molar-refractivity contribution >= 4 is 17.9 Å². The molecule has 0 aliphatic heterocycles. The molecule has 2 atom stereocenters. The van der Waals surface area contributed by atoms with Gasteiger partial charge in [-0.25, -0.2) is 0 Å². The fourth-order valence-corrected chi connectivity index (χ4v) is 6.71. The quantitative estimate of drug-likeness (QED) is 0.0260. The first-order chi connectivity index (χ1) is 32.1. The number of quaternary nitrogens is 1. The van der Waals surface area contributed by atoms with Gasteiger partial charge in [0.1, 0.15) is 12.6 Å². The van der Waals surface area contributed by atoms with Crippen LogP contribution in [0.15, 0.2) is 122 Å². The number of carboxylic acids is 1. The van der Waals surface area contributed by atoms with Crippen molar-refractivity contribution in [3.63, 3.8) is 0 Å². The average Bonchev–Trinajstić information content (AvgIpc) is 3.28. The summed E-state index contributed by atoms with van der Waals surface area (Å²) in [7, 11) is 5.39. The van der Waals surface area contributed by atoms with Gasteiger partial charge in [-0.2, -0.15) is 0 Å². The maximum absolute atomic E-state index is 12.8. The third-order valence-corrected chi connectivity index (χ3v) is 10.6. The van der Waals surface area contributed by atoms with E-state index in [2.05, 4.69) is 135 Å². The summed E-state index contributed by atoms with van der Waals surface area (Å²) >= 11 is 0. The molecule has 2 unspecified atom stereocenters. The lowest BCUT2D eigenvalue weighted by molar-refractivity contribution is -0.889. The van der Waals surface area contributed by atoms with Gasteiger partial charge in [-0.1, -0.05) is 174 Å². The second-order valence-electron chi connectivity index (χ2n) is 17.6. The summed E-state index contributed by atoms with van der Waals surface area (Å²) in [6.45, 7) is 4.37. The van der Waals surface area contributed by atoms with Crippen LogP contribution in [0.2, 0.25) is 0 Å². The van der Waals surface area contributed by atoms with E-state index < -0.39 is 18.1 Å². The van der Waals surface area contributed by atoms with Crippen molar-refractivity contribution in [1.82, 2.24) is 0 Å². The second kappa shape index (κ2) is 47.2. The minimum Gasteiger partial charge on any atom is -0.544 e. The van der Waals surface area contributed by atoms with Gasteiger partial charge in [0, 0.05) is 19.3 Å². The Bertz CT molecular complexity index is 1490. The highest BCUT2D eigenvalue weighted by molar-refractivity contribution is 5.70. The number of likely N-dealkylation sites (N-methyl/N-ethyl adjacent to an activating group) is 1. The van der Waals surface area contributed by atoms with Gasteiger partial charge < -0.3 is 28.6 Å². The molecule has 0 radical (unpaired) electrons. The molecule has 8 heteroatoms. The molecular formula is C58H93NO7. The summed E-state index contributed by atoms with van der Waals surface area (Å²) in [4.78, 5) is 37.1. The van der Waals surface area contributed by atoms with E-state index in [1.165, 1.54) is 19.3 Å². The third-order valence-electron chi connectivity index (χ3n) is 10.6. The number of carbonyl (C=O) groups excluding carboxylic acids is 3. The molecule has 0 amide bonds. The van der Waals surface area contributed by atoms with Gasteiger partial charge in [-0.15, -0.1) is 0 Å². The zero-order valence-corrected chi connectivity index (χ0v) is 42.3. The molecule has 66 heavy (non-hydrogen) atoms. The summed E-state index contributed by atoms with van der Waals surface area (Å²) in [5, 5.41) is 11.7. The first-order valence-corrected chi connectivity index (χ1v) is 25.6. The molecular weight excluding hydrogens is 823 g/mol. The minimum atomic E-state index is -1.14. The van der Waals surface area contributed by atoms with Crippen LogP contribution < -0.4 is 5.11 Å². The summed E-state index contributed by atoms with van der Waals surface area (Å²) < 4.78 is 17.2. The van der Waals surface area contributed by atoms with E-state index in [4.69, 9.17) is 14.2 Å². The Balaban J connectivity index is 4.36. The smallest absolute Gasteiger partial charge is 0.306 e. The number of ether oxygens (including phenoxy) is 3. The maximum Gasteiger partial charge on any atom is 0.306 e. The van der Waals surface area contributed by atoms with Crippen molar-refractivity contribution in [2.24, 2.45) is 0 Å². The number of hydrogen-bond acceptors (Lipinski definition) is 7.